The molecule has 1 aromatic rings. The topological polar surface area (TPSA) is 48.3 Å². The lowest BCUT2D eigenvalue weighted by Gasteiger charge is -2.17. The maximum atomic E-state index is 5.69. The van der Waals surface area contributed by atoms with Crippen LogP contribution < -0.4 is 5.32 Å². The number of aromatic nitrogens is 2. The van der Waals surface area contributed by atoms with Gasteiger partial charge in [-0.1, -0.05) is 0 Å². The summed E-state index contributed by atoms with van der Waals surface area (Å²) in [5, 5.41) is 3.32. The zero-order valence-corrected chi connectivity index (χ0v) is 10.1. The molecule has 2 rings (SSSR count). The van der Waals surface area contributed by atoms with E-state index < -0.39 is 5.79 Å². The molecular weight excluding hydrogens is 206 g/mol. The van der Waals surface area contributed by atoms with Gasteiger partial charge >= 0.3 is 0 Å². The van der Waals surface area contributed by atoms with E-state index in [9.17, 15) is 0 Å². The number of nitrogens with zero attached hydrogens (tertiary/aromatic N) is 2. The molecule has 2 heterocycles. The molecule has 0 spiro atoms. The highest BCUT2D eigenvalue weighted by atomic mass is 16.7. The number of rotatable bonds is 4. The summed E-state index contributed by atoms with van der Waals surface area (Å²) in [5.74, 6) is 0.591. The second kappa shape index (κ2) is 4.53. The predicted octanol–water partition coefficient (Wildman–Crippen LogP) is 0.661. The van der Waals surface area contributed by atoms with Crippen LogP contribution in [0.2, 0.25) is 0 Å². The summed E-state index contributed by atoms with van der Waals surface area (Å²) in [7, 11) is 1.99. The average molecular weight is 225 g/mol. The van der Waals surface area contributed by atoms with Crippen molar-refractivity contribution < 1.29 is 9.47 Å². The highest BCUT2D eigenvalue weighted by molar-refractivity contribution is 4.90. The SMILES string of the molecule is Cn1ccnc1CNCC1COC(C)(C)O1. The molecule has 1 aliphatic heterocycles. The minimum Gasteiger partial charge on any atom is -0.348 e. The average Bonchev–Trinajstić information content (AvgIpc) is 2.74. The third-order valence-corrected chi connectivity index (χ3v) is 2.64. The lowest BCUT2D eigenvalue weighted by Crippen LogP contribution is -2.30. The summed E-state index contributed by atoms with van der Waals surface area (Å²) in [6.45, 7) is 6.07. The monoisotopic (exact) mass is 225 g/mol. The molecule has 90 valence electrons. The van der Waals surface area contributed by atoms with Gasteiger partial charge in [-0.05, 0) is 13.8 Å². The molecule has 0 saturated carbocycles. The summed E-state index contributed by atoms with van der Waals surface area (Å²) in [5.41, 5.74) is 0. The van der Waals surface area contributed by atoms with Crippen molar-refractivity contribution in [2.45, 2.75) is 32.3 Å². The van der Waals surface area contributed by atoms with Crippen molar-refractivity contribution in [3.8, 4) is 0 Å². The summed E-state index contributed by atoms with van der Waals surface area (Å²) in [6, 6.07) is 0. The van der Waals surface area contributed by atoms with E-state index in [4.69, 9.17) is 9.47 Å². The van der Waals surface area contributed by atoms with E-state index in [0.29, 0.717) is 6.61 Å². The number of aryl methyl sites for hydroxylation is 1. The minimum atomic E-state index is -0.435. The first-order valence-corrected chi connectivity index (χ1v) is 5.55. The third-order valence-electron chi connectivity index (χ3n) is 2.64. The van der Waals surface area contributed by atoms with Gasteiger partial charge in [0.05, 0.1) is 19.3 Å². The van der Waals surface area contributed by atoms with Gasteiger partial charge in [0.1, 0.15) is 5.82 Å². The van der Waals surface area contributed by atoms with Crippen LogP contribution in [-0.4, -0.2) is 34.6 Å². The lowest BCUT2D eigenvalue weighted by molar-refractivity contribution is -0.137. The highest BCUT2D eigenvalue weighted by Crippen LogP contribution is 2.21. The standard InChI is InChI=1S/C11H19N3O2/c1-11(2)15-8-9(16-11)6-12-7-10-13-4-5-14(10)3/h4-5,9,12H,6-8H2,1-3H3. The molecule has 5 heteroatoms. The van der Waals surface area contributed by atoms with Crippen LogP contribution in [0, 0.1) is 0 Å². The number of hydrogen-bond donors (Lipinski definition) is 1. The van der Waals surface area contributed by atoms with Gasteiger partial charge in [-0.15, -0.1) is 0 Å². The fourth-order valence-corrected chi connectivity index (χ4v) is 1.78. The minimum absolute atomic E-state index is 0.135. The summed E-state index contributed by atoms with van der Waals surface area (Å²) < 4.78 is 13.2. The molecule has 0 bridgehead atoms. The Bertz CT molecular complexity index is 349. The molecule has 1 atom stereocenters. The van der Waals surface area contributed by atoms with Gasteiger partial charge in [-0.3, -0.25) is 0 Å². The van der Waals surface area contributed by atoms with E-state index in [2.05, 4.69) is 10.3 Å². The Labute approximate surface area is 95.8 Å². The lowest BCUT2D eigenvalue weighted by atomic mass is 10.3. The van der Waals surface area contributed by atoms with E-state index in [-0.39, 0.29) is 6.10 Å². The van der Waals surface area contributed by atoms with E-state index in [1.165, 1.54) is 0 Å². The largest absolute Gasteiger partial charge is 0.348 e. The van der Waals surface area contributed by atoms with Gasteiger partial charge in [0.25, 0.3) is 0 Å². The molecule has 1 aromatic heterocycles. The molecular formula is C11H19N3O2. The van der Waals surface area contributed by atoms with Crippen LogP contribution in [0.5, 0.6) is 0 Å². The van der Waals surface area contributed by atoms with Crippen molar-refractivity contribution in [1.82, 2.24) is 14.9 Å². The van der Waals surface area contributed by atoms with Crippen LogP contribution in [-0.2, 0) is 23.1 Å². The number of hydrogen-bond acceptors (Lipinski definition) is 4. The summed E-state index contributed by atoms with van der Waals surface area (Å²) >= 11 is 0. The van der Waals surface area contributed by atoms with Crippen LogP contribution in [0.3, 0.4) is 0 Å². The van der Waals surface area contributed by atoms with Gasteiger partial charge in [0, 0.05) is 26.0 Å². The number of nitrogens with one attached hydrogen (secondary N) is 1. The molecule has 0 amide bonds. The molecule has 16 heavy (non-hydrogen) atoms. The van der Waals surface area contributed by atoms with Crippen LogP contribution >= 0.6 is 0 Å². The van der Waals surface area contributed by atoms with E-state index >= 15 is 0 Å². The molecule has 0 radical (unpaired) electrons. The zero-order valence-electron chi connectivity index (χ0n) is 10.1. The van der Waals surface area contributed by atoms with Crippen LogP contribution in [0.25, 0.3) is 0 Å². The van der Waals surface area contributed by atoms with Crippen molar-refractivity contribution in [3.05, 3.63) is 18.2 Å². The Morgan fingerprint density at radius 1 is 1.62 bits per heavy atom. The molecule has 1 saturated heterocycles. The molecule has 1 fully saturated rings. The van der Waals surface area contributed by atoms with E-state index in [0.717, 1.165) is 18.9 Å². The highest BCUT2D eigenvalue weighted by Gasteiger charge is 2.32. The predicted molar refractivity (Wildman–Crippen MR) is 59.8 cm³/mol. The van der Waals surface area contributed by atoms with Crippen LogP contribution in [0.1, 0.15) is 19.7 Å². The number of ether oxygens (including phenoxy) is 2. The normalized spacial score (nSPS) is 23.8. The van der Waals surface area contributed by atoms with Gasteiger partial charge < -0.3 is 19.4 Å². The Balaban J connectivity index is 1.71. The molecule has 1 aliphatic rings. The quantitative estimate of drug-likeness (QED) is 0.818. The molecule has 5 nitrogen and oxygen atoms in total. The fourth-order valence-electron chi connectivity index (χ4n) is 1.78. The molecule has 0 aliphatic carbocycles. The maximum absolute atomic E-state index is 5.69. The zero-order chi connectivity index (χ0) is 11.6. The van der Waals surface area contributed by atoms with Gasteiger partial charge in [-0.25, -0.2) is 4.98 Å². The Kier molecular flexibility index (Phi) is 3.28. The van der Waals surface area contributed by atoms with Gasteiger partial charge in [0.2, 0.25) is 0 Å². The molecule has 1 unspecified atom stereocenters. The first-order valence-electron chi connectivity index (χ1n) is 5.55. The first-order chi connectivity index (χ1) is 7.57. The first kappa shape index (κ1) is 11.6. The maximum Gasteiger partial charge on any atom is 0.163 e. The Hall–Kier alpha value is -0.910. The van der Waals surface area contributed by atoms with Crippen molar-refractivity contribution in [2.24, 2.45) is 7.05 Å². The van der Waals surface area contributed by atoms with Crippen LogP contribution in [0.4, 0.5) is 0 Å². The molecule has 0 aromatic carbocycles. The van der Waals surface area contributed by atoms with Crippen LogP contribution in [0.15, 0.2) is 12.4 Å². The van der Waals surface area contributed by atoms with E-state index in [1.54, 1.807) is 6.20 Å². The second-order valence-electron chi connectivity index (χ2n) is 4.54. The number of imidazole rings is 1. The second-order valence-corrected chi connectivity index (χ2v) is 4.54. The summed E-state index contributed by atoms with van der Waals surface area (Å²) in [6.07, 6.45) is 3.88. The fraction of sp³-hybridized carbons (Fsp3) is 0.727. The van der Waals surface area contributed by atoms with Gasteiger partial charge in [-0.2, -0.15) is 0 Å². The third kappa shape index (κ3) is 2.81. The van der Waals surface area contributed by atoms with Crippen molar-refractivity contribution in [1.29, 1.82) is 0 Å². The Morgan fingerprint density at radius 3 is 3.00 bits per heavy atom. The summed E-state index contributed by atoms with van der Waals surface area (Å²) in [4.78, 5) is 4.24. The molecule has 1 N–H and O–H groups in total. The van der Waals surface area contributed by atoms with Crippen molar-refractivity contribution >= 4 is 0 Å². The Morgan fingerprint density at radius 2 is 2.44 bits per heavy atom. The van der Waals surface area contributed by atoms with Crippen molar-refractivity contribution in [3.63, 3.8) is 0 Å². The van der Waals surface area contributed by atoms with Gasteiger partial charge in [0.15, 0.2) is 5.79 Å². The van der Waals surface area contributed by atoms with Crippen molar-refractivity contribution in [2.75, 3.05) is 13.2 Å². The smallest absolute Gasteiger partial charge is 0.163 e. The van der Waals surface area contributed by atoms with E-state index in [1.807, 2.05) is 31.7 Å².